The number of allylic oxidation sites excluding steroid dienone is 10. The van der Waals surface area contributed by atoms with Crippen LogP contribution in [0.5, 0.6) is 0 Å². The van der Waals surface area contributed by atoms with E-state index in [1.807, 2.05) is 6.08 Å². The molecule has 2 aliphatic heterocycles. The molecule has 7 N–H and O–H groups in total. The summed E-state index contributed by atoms with van der Waals surface area (Å²) in [5, 5.41) is 72.3. The third kappa shape index (κ3) is 33.6. The lowest BCUT2D eigenvalue weighted by atomic mass is 9.98. The second-order valence-electron chi connectivity index (χ2n) is 20.8. The summed E-state index contributed by atoms with van der Waals surface area (Å²) in [5.74, 6) is -0.990. The minimum Gasteiger partial charge on any atom is -0.462 e. The monoisotopic (exact) mass is 1080 g/mol. The minimum absolute atomic E-state index is 0.140. The standard InChI is InChI=1S/C61H106O15/c1-3-5-7-9-11-13-15-17-19-21-23-24-26-27-29-31-33-35-37-39-41-43-52(63)71-46-49(74-53(64)44-42-40-38-36-34-32-30-28-25-22-20-18-16-14-12-10-8-6-4-2)47-72-60-59(70)57(68)55(66)51(76-60)48-73-61-58(69)56(67)54(65)50(45-62)75-61/h18-21,24,26,29,31,35,37,49-51,54-62,65-70H,3-17,22-23,25,27-28,30,32-34,36,38-48H2,1-2H3/b20-18+,21-19+,26-24+,31-29+,37-35+/t49-,50+,51+,54-,55-,56?,57?,58?,59?,60+,61+/m0/s1. The van der Waals surface area contributed by atoms with E-state index < -0.39 is 99.3 Å². The molecule has 0 bridgehead atoms. The summed E-state index contributed by atoms with van der Waals surface area (Å²) in [6, 6.07) is 0. The highest BCUT2D eigenvalue weighted by atomic mass is 16.7. The maximum Gasteiger partial charge on any atom is 0.306 e. The first kappa shape index (κ1) is 69.3. The van der Waals surface area contributed by atoms with Crippen molar-refractivity contribution in [1.29, 1.82) is 0 Å². The number of hydrogen-bond acceptors (Lipinski definition) is 15. The molecule has 0 aromatic carbocycles. The Labute approximate surface area is 458 Å². The predicted molar refractivity (Wildman–Crippen MR) is 298 cm³/mol. The number of ether oxygens (including phenoxy) is 6. The van der Waals surface area contributed by atoms with Crippen LogP contribution in [0.15, 0.2) is 60.8 Å². The van der Waals surface area contributed by atoms with Gasteiger partial charge in [0.25, 0.3) is 0 Å². The van der Waals surface area contributed by atoms with Crippen molar-refractivity contribution in [2.24, 2.45) is 0 Å². The number of aliphatic hydroxyl groups is 7. The molecule has 4 unspecified atom stereocenters. The molecule has 0 amide bonds. The van der Waals surface area contributed by atoms with Crippen LogP contribution >= 0.6 is 0 Å². The Morgan fingerprint density at radius 1 is 0.421 bits per heavy atom. The van der Waals surface area contributed by atoms with Gasteiger partial charge in [-0.3, -0.25) is 9.59 Å². The quantitative estimate of drug-likeness (QED) is 0.0171. The summed E-state index contributed by atoms with van der Waals surface area (Å²) in [7, 11) is 0. The van der Waals surface area contributed by atoms with E-state index in [1.54, 1.807) is 0 Å². The highest BCUT2D eigenvalue weighted by molar-refractivity contribution is 5.70. The molecule has 2 aliphatic rings. The van der Waals surface area contributed by atoms with Gasteiger partial charge in [-0.2, -0.15) is 0 Å². The van der Waals surface area contributed by atoms with Gasteiger partial charge in [-0.05, 0) is 77.0 Å². The van der Waals surface area contributed by atoms with Crippen LogP contribution in [0.25, 0.3) is 0 Å². The van der Waals surface area contributed by atoms with Gasteiger partial charge < -0.3 is 64.2 Å². The Morgan fingerprint density at radius 3 is 1.29 bits per heavy atom. The Balaban J connectivity index is 1.78. The van der Waals surface area contributed by atoms with Gasteiger partial charge in [0.15, 0.2) is 18.7 Å². The number of aliphatic hydroxyl groups excluding tert-OH is 7. The topological polar surface area (TPSA) is 231 Å². The molecule has 0 aliphatic carbocycles. The lowest BCUT2D eigenvalue weighted by Crippen LogP contribution is -2.61. The molecule has 2 heterocycles. The number of rotatable bonds is 47. The van der Waals surface area contributed by atoms with Crippen LogP contribution in [0.1, 0.15) is 219 Å². The van der Waals surface area contributed by atoms with Crippen molar-refractivity contribution in [2.45, 2.75) is 287 Å². The van der Waals surface area contributed by atoms with Crippen LogP contribution in [-0.4, -0.2) is 142 Å². The average molecular weight is 1080 g/mol. The molecule has 0 radical (unpaired) electrons. The van der Waals surface area contributed by atoms with Crippen molar-refractivity contribution in [1.82, 2.24) is 0 Å². The largest absolute Gasteiger partial charge is 0.462 e. The van der Waals surface area contributed by atoms with E-state index in [-0.39, 0.29) is 19.4 Å². The van der Waals surface area contributed by atoms with Crippen LogP contribution in [0.3, 0.4) is 0 Å². The fourth-order valence-corrected chi connectivity index (χ4v) is 9.09. The average Bonchev–Trinajstić information content (AvgIpc) is 3.41. The van der Waals surface area contributed by atoms with Crippen LogP contribution in [-0.2, 0) is 38.0 Å². The number of esters is 2. The van der Waals surface area contributed by atoms with Gasteiger partial charge in [0.1, 0.15) is 55.4 Å². The lowest BCUT2D eigenvalue weighted by Gasteiger charge is -2.42. The molecule has 76 heavy (non-hydrogen) atoms. The van der Waals surface area contributed by atoms with Crippen molar-refractivity contribution < 1.29 is 73.8 Å². The Bertz CT molecular complexity index is 1550. The van der Waals surface area contributed by atoms with E-state index in [0.717, 1.165) is 57.8 Å². The molecule has 0 spiro atoms. The van der Waals surface area contributed by atoms with E-state index in [4.69, 9.17) is 28.4 Å². The fourth-order valence-electron chi connectivity index (χ4n) is 9.09. The van der Waals surface area contributed by atoms with E-state index in [9.17, 15) is 45.3 Å². The summed E-state index contributed by atoms with van der Waals surface area (Å²) < 4.78 is 33.6. The molecule has 0 aromatic rings. The van der Waals surface area contributed by atoms with Crippen LogP contribution in [0.2, 0.25) is 0 Å². The number of carbonyl (C=O) groups excluding carboxylic acids is 2. The summed E-state index contributed by atoms with van der Waals surface area (Å²) in [5.41, 5.74) is 0. The highest BCUT2D eigenvalue weighted by Crippen LogP contribution is 2.27. The van der Waals surface area contributed by atoms with Crippen LogP contribution < -0.4 is 0 Å². The normalized spacial score (nSPS) is 24.8. The first-order valence-electron chi connectivity index (χ1n) is 29.9. The first-order valence-corrected chi connectivity index (χ1v) is 29.9. The van der Waals surface area contributed by atoms with Crippen molar-refractivity contribution in [3.05, 3.63) is 60.8 Å². The van der Waals surface area contributed by atoms with E-state index >= 15 is 0 Å². The lowest BCUT2D eigenvalue weighted by molar-refractivity contribution is -0.332. The van der Waals surface area contributed by atoms with E-state index in [1.165, 1.54) is 116 Å². The Morgan fingerprint density at radius 2 is 0.803 bits per heavy atom. The molecule has 11 atom stereocenters. The smallest absolute Gasteiger partial charge is 0.306 e. The van der Waals surface area contributed by atoms with Crippen LogP contribution in [0, 0.1) is 0 Å². The van der Waals surface area contributed by atoms with Gasteiger partial charge in [0.2, 0.25) is 0 Å². The summed E-state index contributed by atoms with van der Waals surface area (Å²) in [6.07, 6.45) is 39.6. The Hall–Kier alpha value is -2.80. The predicted octanol–water partition coefficient (Wildman–Crippen LogP) is 10.4. The van der Waals surface area contributed by atoms with E-state index in [2.05, 4.69) is 68.5 Å². The van der Waals surface area contributed by atoms with Gasteiger partial charge in [0.05, 0.1) is 19.8 Å². The van der Waals surface area contributed by atoms with Crippen molar-refractivity contribution in [3.63, 3.8) is 0 Å². The highest BCUT2D eigenvalue weighted by Gasteiger charge is 2.47. The van der Waals surface area contributed by atoms with Gasteiger partial charge in [-0.1, -0.05) is 190 Å². The van der Waals surface area contributed by atoms with Gasteiger partial charge in [0, 0.05) is 12.8 Å². The van der Waals surface area contributed by atoms with Gasteiger partial charge in [-0.25, -0.2) is 0 Å². The molecule has 2 rings (SSSR count). The summed E-state index contributed by atoms with van der Waals surface area (Å²) in [4.78, 5) is 25.9. The molecule has 15 heteroatoms. The zero-order valence-electron chi connectivity index (χ0n) is 47.0. The maximum atomic E-state index is 13.1. The second kappa shape index (κ2) is 47.1. The van der Waals surface area contributed by atoms with E-state index in [0.29, 0.717) is 19.3 Å². The molecule has 2 fully saturated rings. The third-order valence-corrected chi connectivity index (χ3v) is 14.0. The van der Waals surface area contributed by atoms with Gasteiger partial charge >= 0.3 is 11.9 Å². The SMILES string of the molecule is CCCCCCCC/C=C/CCCCCCCCCCCC(=O)O[C@@H](COC(=O)CCC/C=C/C/C=C/C/C=C/C/C=C/CCCCCCCCC)CO[C@@H]1O[C@H](CO[C@@H]2O[C@H](CO)[C@H](O)C(O)C2O)[C@H](O)C(O)C1O. The first-order chi connectivity index (χ1) is 37.0. The number of carbonyl (C=O) groups is 2. The van der Waals surface area contributed by atoms with Crippen LogP contribution in [0.4, 0.5) is 0 Å². The molecule has 15 nitrogen and oxygen atoms in total. The number of hydrogen-bond donors (Lipinski definition) is 7. The maximum absolute atomic E-state index is 13.1. The molecule has 0 saturated carbocycles. The summed E-state index contributed by atoms with van der Waals surface area (Å²) in [6.45, 7) is 2.55. The fraction of sp³-hybridized carbons (Fsp3) is 0.803. The number of unbranched alkanes of at least 4 members (excludes halogenated alkanes) is 23. The molecule has 440 valence electrons. The van der Waals surface area contributed by atoms with Crippen molar-refractivity contribution >= 4 is 11.9 Å². The van der Waals surface area contributed by atoms with Crippen molar-refractivity contribution in [2.75, 3.05) is 26.4 Å². The Kier molecular flexibility index (Phi) is 42.9. The molecular formula is C61H106O15. The molecular weight excluding hydrogens is 973 g/mol. The summed E-state index contributed by atoms with van der Waals surface area (Å²) >= 11 is 0. The zero-order valence-corrected chi connectivity index (χ0v) is 47.0. The third-order valence-electron chi connectivity index (χ3n) is 14.0. The second-order valence-corrected chi connectivity index (χ2v) is 20.8. The minimum atomic E-state index is -1.78. The molecule has 2 saturated heterocycles. The van der Waals surface area contributed by atoms with Gasteiger partial charge in [-0.15, -0.1) is 0 Å². The zero-order chi connectivity index (χ0) is 55.3. The molecule has 0 aromatic heterocycles. The van der Waals surface area contributed by atoms with Crippen molar-refractivity contribution in [3.8, 4) is 0 Å².